The van der Waals surface area contributed by atoms with Crippen LogP contribution in [0.25, 0.3) is 0 Å². The molecule has 3 aromatic carbocycles. The van der Waals surface area contributed by atoms with E-state index >= 15 is 0 Å². The van der Waals surface area contributed by atoms with Crippen molar-refractivity contribution >= 4 is 50.4 Å². The Balaban J connectivity index is 1.81. The predicted molar refractivity (Wildman–Crippen MR) is 135 cm³/mol. The lowest BCUT2D eigenvalue weighted by molar-refractivity contribution is -0.119. The van der Waals surface area contributed by atoms with Gasteiger partial charge in [-0.05, 0) is 71.1 Å². The second-order valence-corrected chi connectivity index (χ2v) is 9.81. The highest BCUT2D eigenvalue weighted by molar-refractivity contribution is 14.1. The number of carbonyl (C=O) groups excluding carboxylic acids is 1. The number of hydrazone groups is 1. The zero-order valence-corrected chi connectivity index (χ0v) is 20.9. The van der Waals surface area contributed by atoms with Gasteiger partial charge in [0.25, 0.3) is 15.9 Å². The maximum Gasteiger partial charge on any atom is 0.264 e. The number of rotatable bonds is 9. The van der Waals surface area contributed by atoms with E-state index in [9.17, 15) is 13.2 Å². The van der Waals surface area contributed by atoms with Crippen LogP contribution in [0.5, 0.6) is 11.5 Å². The SMILES string of the molecule is COc1ccc(/C=N\NC(=O)CN(c2ccc(I)cc2)S(=O)(=O)c2ccccc2)c(OC)c1. The van der Waals surface area contributed by atoms with Crippen molar-refractivity contribution in [3.8, 4) is 11.5 Å². The molecule has 1 amide bonds. The maximum atomic E-state index is 13.3. The Hall–Kier alpha value is -3.12. The number of sulfonamides is 1. The highest BCUT2D eigenvalue weighted by Crippen LogP contribution is 2.25. The number of benzene rings is 3. The summed E-state index contributed by atoms with van der Waals surface area (Å²) in [7, 11) is -0.914. The highest BCUT2D eigenvalue weighted by atomic mass is 127. The number of hydrogen-bond acceptors (Lipinski definition) is 6. The minimum absolute atomic E-state index is 0.0859. The molecule has 10 heteroatoms. The Morgan fingerprint density at radius 2 is 1.73 bits per heavy atom. The van der Waals surface area contributed by atoms with Crippen molar-refractivity contribution in [1.82, 2.24) is 5.43 Å². The van der Waals surface area contributed by atoms with E-state index < -0.39 is 22.5 Å². The fraction of sp³-hybridized carbons (Fsp3) is 0.130. The fourth-order valence-electron chi connectivity index (χ4n) is 2.91. The first kappa shape index (κ1) is 24.5. The van der Waals surface area contributed by atoms with Gasteiger partial charge >= 0.3 is 0 Å². The molecule has 0 unspecified atom stereocenters. The number of anilines is 1. The van der Waals surface area contributed by atoms with Gasteiger partial charge in [0.1, 0.15) is 18.0 Å². The smallest absolute Gasteiger partial charge is 0.264 e. The molecule has 172 valence electrons. The van der Waals surface area contributed by atoms with Crippen LogP contribution in [0.15, 0.2) is 82.8 Å². The van der Waals surface area contributed by atoms with Crippen LogP contribution in [-0.2, 0) is 14.8 Å². The molecule has 8 nitrogen and oxygen atoms in total. The number of nitrogens with zero attached hydrogens (tertiary/aromatic N) is 2. The third kappa shape index (κ3) is 6.23. The number of amides is 1. The monoisotopic (exact) mass is 579 g/mol. The van der Waals surface area contributed by atoms with E-state index in [1.165, 1.54) is 25.5 Å². The summed E-state index contributed by atoms with van der Waals surface area (Å²) in [6.07, 6.45) is 1.41. The molecule has 1 N–H and O–H groups in total. The molecule has 0 aliphatic carbocycles. The number of carbonyl (C=O) groups is 1. The Kier molecular flexibility index (Phi) is 8.28. The van der Waals surface area contributed by atoms with E-state index in [-0.39, 0.29) is 4.90 Å². The first-order valence-corrected chi connectivity index (χ1v) is 12.2. The van der Waals surface area contributed by atoms with Crippen LogP contribution in [-0.4, -0.2) is 41.3 Å². The first-order chi connectivity index (χ1) is 15.8. The van der Waals surface area contributed by atoms with E-state index in [1.54, 1.807) is 67.8 Å². The molecule has 0 spiro atoms. The minimum Gasteiger partial charge on any atom is -0.497 e. The fourth-order valence-corrected chi connectivity index (χ4v) is 4.71. The van der Waals surface area contributed by atoms with Gasteiger partial charge < -0.3 is 9.47 Å². The molecule has 3 aromatic rings. The zero-order valence-electron chi connectivity index (χ0n) is 17.9. The average Bonchev–Trinajstić information content (AvgIpc) is 2.83. The van der Waals surface area contributed by atoms with Gasteiger partial charge in [-0.3, -0.25) is 9.10 Å². The summed E-state index contributed by atoms with van der Waals surface area (Å²) in [5.74, 6) is 0.531. The van der Waals surface area contributed by atoms with Crippen LogP contribution in [0, 0.1) is 3.57 Å². The normalized spacial score (nSPS) is 11.2. The maximum absolute atomic E-state index is 13.3. The number of nitrogens with one attached hydrogen (secondary N) is 1. The Bertz CT molecular complexity index is 1230. The Morgan fingerprint density at radius 1 is 1.03 bits per heavy atom. The predicted octanol–water partition coefficient (Wildman–Crippen LogP) is 3.65. The Morgan fingerprint density at radius 3 is 2.36 bits per heavy atom. The van der Waals surface area contributed by atoms with Crippen molar-refractivity contribution in [3.63, 3.8) is 0 Å². The van der Waals surface area contributed by atoms with E-state index in [1.807, 2.05) is 0 Å². The molecule has 0 saturated heterocycles. The van der Waals surface area contributed by atoms with E-state index in [0.29, 0.717) is 22.7 Å². The third-order valence-corrected chi connectivity index (χ3v) is 7.07. The van der Waals surface area contributed by atoms with Crippen molar-refractivity contribution in [2.75, 3.05) is 25.1 Å². The van der Waals surface area contributed by atoms with E-state index in [2.05, 4.69) is 33.1 Å². The number of ether oxygens (including phenoxy) is 2. The molecule has 33 heavy (non-hydrogen) atoms. The average molecular weight is 579 g/mol. The molecule has 0 fully saturated rings. The summed E-state index contributed by atoms with van der Waals surface area (Å²) >= 11 is 2.13. The molecule has 0 saturated carbocycles. The number of hydrogen-bond donors (Lipinski definition) is 1. The summed E-state index contributed by atoms with van der Waals surface area (Å²) in [4.78, 5) is 12.7. The van der Waals surface area contributed by atoms with Crippen molar-refractivity contribution in [3.05, 3.63) is 81.9 Å². The molecule has 0 aliphatic heterocycles. The molecule has 0 radical (unpaired) electrons. The van der Waals surface area contributed by atoms with Crippen LogP contribution in [0.1, 0.15) is 5.56 Å². The molecule has 0 bridgehead atoms. The van der Waals surface area contributed by atoms with Gasteiger partial charge in [0.15, 0.2) is 0 Å². The van der Waals surface area contributed by atoms with Crippen LogP contribution >= 0.6 is 22.6 Å². The summed E-state index contributed by atoms with van der Waals surface area (Å²) in [5.41, 5.74) is 3.37. The standard InChI is InChI=1S/C23H22IN3O5S/c1-31-20-13-8-17(22(14-20)32-2)15-25-26-23(28)16-27(19-11-9-18(24)10-12-19)33(29,30)21-6-4-3-5-7-21/h3-15H,16H2,1-2H3,(H,26,28)/b25-15-. The van der Waals surface area contributed by atoms with Crippen LogP contribution < -0.4 is 19.2 Å². The molecule has 0 atom stereocenters. The topological polar surface area (TPSA) is 97.3 Å². The van der Waals surface area contributed by atoms with Crippen molar-refractivity contribution in [2.45, 2.75) is 4.90 Å². The highest BCUT2D eigenvalue weighted by Gasteiger charge is 2.27. The molecule has 0 aromatic heterocycles. The van der Waals surface area contributed by atoms with Gasteiger partial charge in [-0.1, -0.05) is 18.2 Å². The van der Waals surface area contributed by atoms with Crippen LogP contribution in [0.3, 0.4) is 0 Å². The number of methoxy groups -OCH3 is 2. The molecular formula is C23H22IN3O5S. The summed E-state index contributed by atoms with van der Waals surface area (Å²) < 4.78 is 39.0. The van der Waals surface area contributed by atoms with Crippen LogP contribution in [0.2, 0.25) is 0 Å². The Labute approximate surface area is 206 Å². The van der Waals surface area contributed by atoms with Gasteiger partial charge in [0.2, 0.25) is 0 Å². The quantitative estimate of drug-likeness (QED) is 0.237. The molecule has 0 heterocycles. The van der Waals surface area contributed by atoms with Crippen LogP contribution in [0.4, 0.5) is 5.69 Å². The second kappa shape index (κ2) is 11.1. The lowest BCUT2D eigenvalue weighted by atomic mass is 10.2. The zero-order chi connectivity index (χ0) is 23.8. The van der Waals surface area contributed by atoms with E-state index in [4.69, 9.17) is 9.47 Å². The van der Waals surface area contributed by atoms with E-state index in [0.717, 1.165) is 7.88 Å². The summed E-state index contributed by atoms with van der Waals surface area (Å²) in [6.45, 7) is -0.449. The van der Waals surface area contributed by atoms with Gasteiger partial charge in [0.05, 0.1) is 31.0 Å². The molecule has 3 rings (SSSR count). The summed E-state index contributed by atoms with van der Waals surface area (Å²) in [6, 6.07) is 20.0. The molecule has 0 aliphatic rings. The number of halogens is 1. The molecular weight excluding hydrogens is 557 g/mol. The lowest BCUT2D eigenvalue weighted by Crippen LogP contribution is -2.39. The first-order valence-electron chi connectivity index (χ1n) is 9.72. The van der Waals surface area contributed by atoms with Crippen molar-refractivity contribution in [2.24, 2.45) is 5.10 Å². The second-order valence-electron chi connectivity index (χ2n) is 6.70. The summed E-state index contributed by atoms with van der Waals surface area (Å²) in [5, 5.41) is 3.95. The third-order valence-electron chi connectivity index (χ3n) is 4.57. The van der Waals surface area contributed by atoms with Gasteiger partial charge in [-0.25, -0.2) is 13.8 Å². The minimum atomic E-state index is -3.97. The van der Waals surface area contributed by atoms with Gasteiger partial charge in [-0.2, -0.15) is 5.10 Å². The van der Waals surface area contributed by atoms with Crippen molar-refractivity contribution < 1.29 is 22.7 Å². The van der Waals surface area contributed by atoms with Gasteiger partial charge in [-0.15, -0.1) is 0 Å². The largest absolute Gasteiger partial charge is 0.497 e. The van der Waals surface area contributed by atoms with Crippen molar-refractivity contribution in [1.29, 1.82) is 0 Å². The lowest BCUT2D eigenvalue weighted by Gasteiger charge is -2.23. The van der Waals surface area contributed by atoms with Gasteiger partial charge in [0, 0.05) is 15.2 Å².